The van der Waals surface area contributed by atoms with Gasteiger partial charge in [0.15, 0.2) is 16.6 Å². The van der Waals surface area contributed by atoms with Gasteiger partial charge in [-0.1, -0.05) is 78.9 Å². The molecule has 1 atom stereocenters. The molecule has 11 aromatic rings. The second-order valence-electron chi connectivity index (χ2n) is 14.6. The molecule has 246 valence electrons. The average Bonchev–Trinajstić information content (AvgIpc) is 3.92. The molecule has 0 amide bonds. The van der Waals surface area contributed by atoms with Crippen LogP contribution in [0.1, 0.15) is 18.1 Å². The van der Waals surface area contributed by atoms with Crippen LogP contribution in [0, 0.1) is 0 Å². The van der Waals surface area contributed by atoms with Crippen LogP contribution in [0.5, 0.6) is 0 Å². The van der Waals surface area contributed by atoms with Gasteiger partial charge in [-0.25, -0.2) is 4.57 Å². The van der Waals surface area contributed by atoms with Crippen LogP contribution in [0.2, 0.25) is 0 Å². The van der Waals surface area contributed by atoms with E-state index in [0.29, 0.717) is 0 Å². The van der Waals surface area contributed by atoms with Crippen LogP contribution in [-0.2, 0) is 5.54 Å². The van der Waals surface area contributed by atoms with Crippen LogP contribution in [0.15, 0.2) is 162 Å². The van der Waals surface area contributed by atoms with Crippen molar-refractivity contribution < 1.29 is 8.98 Å². The molecule has 13 rings (SSSR count). The molecular formula is C48H29N4O+. The number of hydrogen-bond donors (Lipinski definition) is 0. The molecule has 0 saturated carbocycles. The summed E-state index contributed by atoms with van der Waals surface area (Å²) < 4.78 is 14.0. The van der Waals surface area contributed by atoms with E-state index in [4.69, 9.17) is 9.40 Å². The molecule has 0 bridgehead atoms. The topological polar surface area (TPSA) is 39.8 Å². The highest BCUT2D eigenvalue weighted by atomic mass is 16.3. The Morgan fingerprint density at radius 3 is 2.23 bits per heavy atom. The van der Waals surface area contributed by atoms with Gasteiger partial charge in [0.25, 0.3) is 0 Å². The predicted octanol–water partition coefficient (Wildman–Crippen LogP) is 11.2. The third-order valence-corrected chi connectivity index (χ3v) is 12.1. The maximum atomic E-state index is 6.65. The Hall–Kier alpha value is -6.98. The molecule has 7 aromatic carbocycles. The van der Waals surface area contributed by atoms with Crippen molar-refractivity contribution in [2.75, 3.05) is 0 Å². The molecule has 0 fully saturated rings. The van der Waals surface area contributed by atoms with Gasteiger partial charge in [-0.05, 0) is 90.8 Å². The van der Waals surface area contributed by atoms with Gasteiger partial charge in [0.05, 0.1) is 33.2 Å². The van der Waals surface area contributed by atoms with Gasteiger partial charge >= 0.3 is 5.82 Å². The lowest BCUT2D eigenvalue weighted by molar-refractivity contribution is -0.715. The first-order valence-corrected chi connectivity index (χ1v) is 18.2. The summed E-state index contributed by atoms with van der Waals surface area (Å²) in [6.45, 7) is 2.40. The van der Waals surface area contributed by atoms with Crippen LogP contribution in [-0.4, -0.2) is 14.1 Å². The number of hydrogen-bond acceptors (Lipinski definition) is 2. The molecule has 0 radical (unpaired) electrons. The Kier molecular flexibility index (Phi) is 4.95. The van der Waals surface area contributed by atoms with Gasteiger partial charge in [0.1, 0.15) is 16.8 Å². The molecule has 2 aliphatic rings. The normalized spacial score (nSPS) is 15.7. The number of furan rings is 1. The van der Waals surface area contributed by atoms with Crippen LogP contribution in [0.25, 0.3) is 99.7 Å². The quantitative estimate of drug-likeness (QED) is 0.171. The van der Waals surface area contributed by atoms with Gasteiger partial charge in [-0.15, -0.1) is 0 Å². The summed E-state index contributed by atoms with van der Waals surface area (Å²) in [5, 5.41) is 5.85. The van der Waals surface area contributed by atoms with Crippen molar-refractivity contribution in [1.82, 2.24) is 14.1 Å². The summed E-state index contributed by atoms with van der Waals surface area (Å²) in [7, 11) is 0. The van der Waals surface area contributed by atoms with Crippen LogP contribution in [0.3, 0.4) is 0 Å². The second kappa shape index (κ2) is 9.46. The van der Waals surface area contributed by atoms with Crippen LogP contribution >= 0.6 is 0 Å². The summed E-state index contributed by atoms with van der Waals surface area (Å²) in [5.74, 6) is 0.987. The van der Waals surface area contributed by atoms with E-state index in [0.717, 1.165) is 61.0 Å². The summed E-state index contributed by atoms with van der Waals surface area (Å²) >= 11 is 0. The van der Waals surface area contributed by atoms with Crippen molar-refractivity contribution in [2.24, 2.45) is 0 Å². The fourth-order valence-corrected chi connectivity index (χ4v) is 9.98. The largest absolute Gasteiger partial charge is 0.454 e. The van der Waals surface area contributed by atoms with Crippen LogP contribution < -0.4 is 4.57 Å². The molecule has 0 N–H and O–H groups in total. The molecule has 2 aliphatic heterocycles. The van der Waals surface area contributed by atoms with E-state index in [1.807, 2.05) is 6.07 Å². The second-order valence-corrected chi connectivity index (χ2v) is 14.6. The zero-order chi connectivity index (χ0) is 34.6. The van der Waals surface area contributed by atoms with E-state index in [1.54, 1.807) is 0 Å². The molecule has 0 aliphatic carbocycles. The molecule has 6 heterocycles. The van der Waals surface area contributed by atoms with Gasteiger partial charge in [0, 0.05) is 43.9 Å². The first kappa shape index (κ1) is 27.7. The monoisotopic (exact) mass is 677 g/mol. The summed E-state index contributed by atoms with van der Waals surface area (Å²) in [4.78, 5) is 5.50. The fraction of sp³-hybridized carbons (Fsp3) is 0.0417. The molecular weight excluding hydrogens is 649 g/mol. The molecule has 53 heavy (non-hydrogen) atoms. The van der Waals surface area contributed by atoms with Crippen molar-refractivity contribution in [3.63, 3.8) is 0 Å². The van der Waals surface area contributed by atoms with Gasteiger partial charge < -0.3 is 13.6 Å². The standard InChI is InChI=1S/C48H29N4O/c1-48-36-20-11-19-34-44(36)51(45-32-17-7-10-24-41(32)53-46(34)45)40-23-12-18-33(42(40)48)47-49-37-21-8-5-16-31(37)43(52(47)48)28-25-26-39-35(27-28)30-15-6-9-22-38(30)50(39)29-13-3-2-4-14-29/h2-27H,1H3/q+1. The molecule has 0 spiro atoms. The number of fused-ring (bicyclic) bond motifs is 14. The van der Waals surface area contributed by atoms with Gasteiger partial charge in [0.2, 0.25) is 0 Å². The van der Waals surface area contributed by atoms with Gasteiger partial charge in [-0.3, -0.25) is 0 Å². The molecule has 4 aromatic heterocycles. The number of para-hydroxylation sites is 5. The third-order valence-electron chi connectivity index (χ3n) is 12.1. The number of aromatic nitrogens is 4. The van der Waals surface area contributed by atoms with Crippen molar-refractivity contribution in [3.8, 4) is 34.0 Å². The Bertz CT molecular complexity index is 3420. The van der Waals surface area contributed by atoms with Crippen molar-refractivity contribution >= 4 is 65.7 Å². The summed E-state index contributed by atoms with van der Waals surface area (Å²) in [5.41, 5.74) is 15.3. The van der Waals surface area contributed by atoms with E-state index in [1.165, 1.54) is 49.8 Å². The van der Waals surface area contributed by atoms with Crippen molar-refractivity contribution in [1.29, 1.82) is 0 Å². The SMILES string of the molecule is CC12c3c(cccc3-n3c4c1cccc4c1oc4ccccc4c13)-c1nc3ccccc3c(-c3ccc4c(c3)c3ccccc3n4-c3ccccc3)[n+]12. The maximum Gasteiger partial charge on any atom is 0.333 e. The van der Waals surface area contributed by atoms with Crippen molar-refractivity contribution in [3.05, 3.63) is 169 Å². The number of benzene rings is 7. The van der Waals surface area contributed by atoms with E-state index < -0.39 is 5.54 Å². The van der Waals surface area contributed by atoms with E-state index in [9.17, 15) is 0 Å². The highest BCUT2D eigenvalue weighted by Crippen LogP contribution is 2.54. The van der Waals surface area contributed by atoms with E-state index in [2.05, 4.69) is 172 Å². The Morgan fingerprint density at radius 1 is 0.585 bits per heavy atom. The van der Waals surface area contributed by atoms with E-state index in [-0.39, 0.29) is 0 Å². The highest BCUT2D eigenvalue weighted by molar-refractivity contribution is 6.18. The Morgan fingerprint density at radius 2 is 1.32 bits per heavy atom. The lowest BCUT2D eigenvalue weighted by Crippen LogP contribution is -2.56. The lowest BCUT2D eigenvalue weighted by atomic mass is 9.80. The molecule has 5 nitrogen and oxygen atoms in total. The third kappa shape index (κ3) is 3.21. The highest BCUT2D eigenvalue weighted by Gasteiger charge is 2.54. The predicted molar refractivity (Wildman–Crippen MR) is 213 cm³/mol. The lowest BCUT2D eigenvalue weighted by Gasteiger charge is -2.33. The zero-order valence-corrected chi connectivity index (χ0v) is 28.7. The smallest absolute Gasteiger partial charge is 0.333 e. The molecule has 0 saturated heterocycles. The van der Waals surface area contributed by atoms with Crippen LogP contribution in [0.4, 0.5) is 0 Å². The van der Waals surface area contributed by atoms with Gasteiger partial charge in [-0.2, -0.15) is 0 Å². The molecule has 1 unspecified atom stereocenters. The minimum atomic E-state index is -0.554. The first-order valence-electron chi connectivity index (χ1n) is 18.2. The first-order chi connectivity index (χ1) is 26.2. The zero-order valence-electron chi connectivity index (χ0n) is 28.7. The number of rotatable bonds is 2. The average molecular weight is 678 g/mol. The van der Waals surface area contributed by atoms with E-state index >= 15 is 0 Å². The minimum Gasteiger partial charge on any atom is -0.454 e. The fourth-order valence-electron chi connectivity index (χ4n) is 9.98. The molecule has 5 heteroatoms. The Labute approximate surface area is 303 Å². The summed E-state index contributed by atoms with van der Waals surface area (Å²) in [6.07, 6.45) is 0. The summed E-state index contributed by atoms with van der Waals surface area (Å²) in [6, 6.07) is 57.0. The maximum absolute atomic E-state index is 6.65. The van der Waals surface area contributed by atoms with Crippen molar-refractivity contribution in [2.45, 2.75) is 12.5 Å². The minimum absolute atomic E-state index is 0.554. The number of nitrogens with zero attached hydrogens (tertiary/aromatic N) is 4. The Balaban J connectivity index is 1.18.